The lowest BCUT2D eigenvalue weighted by Crippen LogP contribution is -2.49. The summed E-state index contributed by atoms with van der Waals surface area (Å²) in [5.74, 6) is 1.77. The minimum absolute atomic E-state index is 0. The van der Waals surface area contributed by atoms with Crippen LogP contribution in [0.3, 0.4) is 0 Å². The fourth-order valence-electron chi connectivity index (χ4n) is 3.54. The number of benzene rings is 2. The van der Waals surface area contributed by atoms with E-state index < -0.39 is 6.10 Å². The highest BCUT2D eigenvalue weighted by Gasteiger charge is 2.20. The predicted molar refractivity (Wildman–Crippen MR) is 124 cm³/mol. The number of ether oxygens (including phenoxy) is 2. The third-order valence-electron chi connectivity index (χ3n) is 5.11. The summed E-state index contributed by atoms with van der Waals surface area (Å²) in [5, 5.41) is 10.4. The molecule has 1 atom stereocenters. The van der Waals surface area contributed by atoms with E-state index in [1.54, 1.807) is 7.11 Å². The second-order valence-electron chi connectivity index (χ2n) is 7.17. The minimum atomic E-state index is -0.489. The Hall–Kier alpha value is -1.66. The summed E-state index contributed by atoms with van der Waals surface area (Å²) in [7, 11) is 1.68. The normalized spacial score (nSPS) is 15.1. The van der Waals surface area contributed by atoms with Gasteiger partial charge in [0.05, 0.1) is 7.11 Å². The molecule has 1 heterocycles. The van der Waals surface area contributed by atoms with Crippen molar-refractivity contribution in [2.45, 2.75) is 20.0 Å². The average molecular weight is 443 g/mol. The van der Waals surface area contributed by atoms with Crippen LogP contribution in [0.2, 0.25) is 0 Å². The zero-order chi connectivity index (χ0) is 19.2. The molecule has 3 rings (SSSR count). The zero-order valence-electron chi connectivity index (χ0n) is 17.3. The van der Waals surface area contributed by atoms with E-state index in [9.17, 15) is 5.11 Å². The molecule has 0 spiro atoms. The number of methoxy groups -OCH3 is 1. The summed E-state index contributed by atoms with van der Waals surface area (Å²) < 4.78 is 11.1. The summed E-state index contributed by atoms with van der Waals surface area (Å²) >= 11 is 0. The number of aliphatic hydroxyl groups is 1. The number of aryl methyl sites for hydroxylation is 2. The number of rotatable bonds is 7. The average Bonchev–Trinajstić information content (AvgIpc) is 2.68. The Kier molecular flexibility index (Phi) is 10.6. The second-order valence-corrected chi connectivity index (χ2v) is 7.17. The molecular weight excluding hydrogens is 411 g/mol. The van der Waals surface area contributed by atoms with E-state index in [0.29, 0.717) is 13.2 Å². The van der Waals surface area contributed by atoms with Crippen LogP contribution in [-0.2, 0) is 0 Å². The zero-order valence-corrected chi connectivity index (χ0v) is 19.0. The van der Waals surface area contributed by atoms with Gasteiger partial charge in [-0.05, 0) is 49.2 Å². The molecule has 0 aromatic heterocycles. The molecule has 1 fully saturated rings. The second kappa shape index (κ2) is 12.1. The number of hydrogen-bond acceptors (Lipinski definition) is 5. The first-order valence-electron chi connectivity index (χ1n) is 9.55. The van der Waals surface area contributed by atoms with Gasteiger partial charge in [-0.2, -0.15) is 0 Å². The lowest BCUT2D eigenvalue weighted by molar-refractivity contribution is 0.0658. The van der Waals surface area contributed by atoms with Crippen molar-refractivity contribution >= 4 is 30.5 Å². The van der Waals surface area contributed by atoms with Crippen LogP contribution in [0.4, 0.5) is 5.69 Å². The maximum Gasteiger partial charge on any atom is 0.125 e. The molecule has 0 saturated carbocycles. The third kappa shape index (κ3) is 6.96. The summed E-state index contributed by atoms with van der Waals surface area (Å²) in [5.41, 5.74) is 3.43. The highest BCUT2D eigenvalue weighted by molar-refractivity contribution is 5.85. The summed E-state index contributed by atoms with van der Waals surface area (Å²) in [6, 6.07) is 14.3. The summed E-state index contributed by atoms with van der Waals surface area (Å²) in [6.07, 6.45) is -0.489. The molecule has 1 N–H and O–H groups in total. The first-order valence-corrected chi connectivity index (χ1v) is 9.55. The van der Waals surface area contributed by atoms with Crippen molar-refractivity contribution in [3.8, 4) is 11.5 Å². The number of β-amino-alcohol motifs (C(OH)–C–C–N with tert-alkyl or cyclic N) is 1. The predicted octanol–water partition coefficient (Wildman–Crippen LogP) is 3.72. The van der Waals surface area contributed by atoms with Gasteiger partial charge in [0.2, 0.25) is 0 Å². The molecule has 0 aliphatic carbocycles. The Labute approximate surface area is 186 Å². The van der Waals surface area contributed by atoms with Gasteiger partial charge in [0.1, 0.15) is 24.2 Å². The maximum atomic E-state index is 10.4. The molecule has 162 valence electrons. The Morgan fingerprint density at radius 1 is 0.931 bits per heavy atom. The topological polar surface area (TPSA) is 45.2 Å². The molecule has 7 heteroatoms. The summed E-state index contributed by atoms with van der Waals surface area (Å²) in [6.45, 7) is 8.82. The molecule has 1 aliphatic rings. The molecule has 1 aliphatic heterocycles. The van der Waals surface area contributed by atoms with Gasteiger partial charge < -0.3 is 19.5 Å². The Morgan fingerprint density at radius 2 is 1.52 bits per heavy atom. The molecule has 29 heavy (non-hydrogen) atoms. The largest absolute Gasteiger partial charge is 0.497 e. The van der Waals surface area contributed by atoms with Crippen LogP contribution in [0.1, 0.15) is 11.1 Å². The summed E-state index contributed by atoms with van der Waals surface area (Å²) in [4.78, 5) is 4.67. The van der Waals surface area contributed by atoms with Crippen molar-refractivity contribution in [3.05, 3.63) is 53.6 Å². The molecule has 0 radical (unpaired) electrons. The van der Waals surface area contributed by atoms with Crippen LogP contribution in [0, 0.1) is 13.8 Å². The number of piperazine rings is 1. The van der Waals surface area contributed by atoms with Crippen molar-refractivity contribution in [2.75, 3.05) is 51.3 Å². The molecule has 5 nitrogen and oxygen atoms in total. The Morgan fingerprint density at radius 3 is 2.07 bits per heavy atom. The van der Waals surface area contributed by atoms with Crippen LogP contribution in [0.15, 0.2) is 42.5 Å². The molecule has 2 aromatic carbocycles. The standard InChI is InChI=1S/C22H30N2O3.2ClH/c1-17-5-4-6-18(2)22(17)27-16-20(25)15-23-11-13-24(14-12-23)19-7-9-21(26-3)10-8-19;;/h4-10,20,25H,11-16H2,1-3H3;2*1H. The van der Waals surface area contributed by atoms with Gasteiger partial charge in [0.15, 0.2) is 0 Å². The van der Waals surface area contributed by atoms with Crippen molar-refractivity contribution in [2.24, 2.45) is 0 Å². The Balaban J connectivity index is 0.00000210. The van der Waals surface area contributed by atoms with E-state index in [0.717, 1.165) is 48.8 Å². The highest BCUT2D eigenvalue weighted by Crippen LogP contribution is 2.23. The van der Waals surface area contributed by atoms with Gasteiger partial charge >= 0.3 is 0 Å². The van der Waals surface area contributed by atoms with Crippen molar-refractivity contribution in [1.82, 2.24) is 4.90 Å². The first kappa shape index (κ1) is 25.4. The van der Waals surface area contributed by atoms with E-state index in [1.807, 2.05) is 44.2 Å². The number of aliphatic hydroxyl groups excluding tert-OH is 1. The molecule has 1 unspecified atom stereocenters. The van der Waals surface area contributed by atoms with E-state index in [4.69, 9.17) is 9.47 Å². The van der Waals surface area contributed by atoms with Gasteiger partial charge in [0, 0.05) is 38.4 Å². The lowest BCUT2D eigenvalue weighted by Gasteiger charge is -2.37. The van der Waals surface area contributed by atoms with Crippen LogP contribution in [-0.4, -0.2) is 62.6 Å². The number of halogens is 2. The lowest BCUT2D eigenvalue weighted by atomic mass is 10.1. The molecule has 2 aromatic rings. The van der Waals surface area contributed by atoms with Crippen LogP contribution in [0.5, 0.6) is 11.5 Å². The fraction of sp³-hybridized carbons (Fsp3) is 0.455. The van der Waals surface area contributed by atoms with Gasteiger partial charge in [-0.1, -0.05) is 18.2 Å². The van der Waals surface area contributed by atoms with Crippen LogP contribution >= 0.6 is 24.8 Å². The van der Waals surface area contributed by atoms with E-state index in [2.05, 4.69) is 21.9 Å². The monoisotopic (exact) mass is 442 g/mol. The number of anilines is 1. The quantitative estimate of drug-likeness (QED) is 0.707. The molecule has 1 saturated heterocycles. The molecular formula is C22H32Cl2N2O3. The minimum Gasteiger partial charge on any atom is -0.497 e. The first-order chi connectivity index (χ1) is 13.1. The smallest absolute Gasteiger partial charge is 0.125 e. The van der Waals surface area contributed by atoms with E-state index in [1.165, 1.54) is 5.69 Å². The van der Waals surface area contributed by atoms with Crippen LogP contribution in [0.25, 0.3) is 0 Å². The van der Waals surface area contributed by atoms with Crippen LogP contribution < -0.4 is 14.4 Å². The number of hydrogen-bond donors (Lipinski definition) is 1. The molecule has 0 bridgehead atoms. The van der Waals surface area contributed by atoms with Crippen molar-refractivity contribution in [1.29, 1.82) is 0 Å². The van der Waals surface area contributed by atoms with Crippen molar-refractivity contribution in [3.63, 3.8) is 0 Å². The van der Waals surface area contributed by atoms with Gasteiger partial charge in [-0.25, -0.2) is 0 Å². The SMILES string of the molecule is COc1ccc(N2CCN(CC(O)COc3c(C)cccc3C)CC2)cc1.Cl.Cl. The fourth-order valence-corrected chi connectivity index (χ4v) is 3.54. The third-order valence-corrected chi connectivity index (χ3v) is 5.11. The van der Waals surface area contributed by atoms with Gasteiger partial charge in [-0.15, -0.1) is 24.8 Å². The number of nitrogens with zero attached hydrogens (tertiary/aromatic N) is 2. The van der Waals surface area contributed by atoms with Gasteiger partial charge in [0.25, 0.3) is 0 Å². The number of para-hydroxylation sites is 1. The maximum absolute atomic E-state index is 10.4. The van der Waals surface area contributed by atoms with Gasteiger partial charge in [-0.3, -0.25) is 4.90 Å². The highest BCUT2D eigenvalue weighted by atomic mass is 35.5. The van der Waals surface area contributed by atoms with Crippen molar-refractivity contribution < 1.29 is 14.6 Å². The molecule has 0 amide bonds. The van der Waals surface area contributed by atoms with E-state index >= 15 is 0 Å². The Bertz CT molecular complexity index is 715. The van der Waals surface area contributed by atoms with E-state index in [-0.39, 0.29) is 24.8 Å².